The number of benzene rings is 2. The third-order valence-electron chi connectivity index (χ3n) is 5.75. The molecule has 1 aliphatic rings. The molecule has 2 aromatic carbocycles. The largest absolute Gasteiger partial charge is 0.497 e. The first-order valence-electron chi connectivity index (χ1n) is 10.6. The number of piperidine rings is 1. The van der Waals surface area contributed by atoms with Gasteiger partial charge in [0.1, 0.15) is 23.1 Å². The van der Waals surface area contributed by atoms with E-state index in [-0.39, 0.29) is 11.7 Å². The SMILES string of the molecule is COc1ccc(CNC(=O)CC[C@H]2CCCN(Cc3cc(F)ccc3F)C2)c(OC)c1. The van der Waals surface area contributed by atoms with Crippen molar-refractivity contribution in [3.05, 3.63) is 59.2 Å². The fourth-order valence-corrected chi connectivity index (χ4v) is 4.05. The second-order valence-corrected chi connectivity index (χ2v) is 7.97. The number of rotatable bonds is 9. The molecule has 0 saturated carbocycles. The van der Waals surface area contributed by atoms with Gasteiger partial charge in [-0.05, 0) is 62.1 Å². The van der Waals surface area contributed by atoms with Gasteiger partial charge in [-0.2, -0.15) is 0 Å². The van der Waals surface area contributed by atoms with E-state index in [1.54, 1.807) is 20.3 Å². The van der Waals surface area contributed by atoms with Gasteiger partial charge in [0.05, 0.1) is 14.2 Å². The summed E-state index contributed by atoms with van der Waals surface area (Å²) < 4.78 is 37.9. The Labute approximate surface area is 182 Å². The van der Waals surface area contributed by atoms with Crippen LogP contribution in [0.5, 0.6) is 11.5 Å². The van der Waals surface area contributed by atoms with Crippen molar-refractivity contribution in [2.24, 2.45) is 5.92 Å². The number of likely N-dealkylation sites (tertiary alicyclic amines) is 1. The van der Waals surface area contributed by atoms with Crippen LogP contribution in [-0.2, 0) is 17.9 Å². The highest BCUT2D eigenvalue weighted by molar-refractivity contribution is 5.75. The number of ether oxygens (including phenoxy) is 2. The first-order chi connectivity index (χ1) is 15.0. The number of carbonyl (C=O) groups excluding carboxylic acids is 1. The highest BCUT2D eigenvalue weighted by Crippen LogP contribution is 2.25. The topological polar surface area (TPSA) is 50.8 Å². The summed E-state index contributed by atoms with van der Waals surface area (Å²) in [7, 11) is 3.18. The third-order valence-corrected chi connectivity index (χ3v) is 5.75. The monoisotopic (exact) mass is 432 g/mol. The van der Waals surface area contributed by atoms with E-state index in [0.29, 0.717) is 42.5 Å². The van der Waals surface area contributed by atoms with Crippen molar-refractivity contribution in [3.63, 3.8) is 0 Å². The number of hydrogen-bond acceptors (Lipinski definition) is 4. The zero-order valence-corrected chi connectivity index (χ0v) is 18.1. The van der Waals surface area contributed by atoms with Gasteiger partial charge < -0.3 is 14.8 Å². The van der Waals surface area contributed by atoms with E-state index in [4.69, 9.17) is 9.47 Å². The van der Waals surface area contributed by atoms with Crippen LogP contribution in [0.3, 0.4) is 0 Å². The summed E-state index contributed by atoms with van der Waals surface area (Å²) >= 11 is 0. The van der Waals surface area contributed by atoms with Crippen molar-refractivity contribution < 1.29 is 23.0 Å². The molecule has 5 nitrogen and oxygen atoms in total. The third kappa shape index (κ3) is 6.66. The highest BCUT2D eigenvalue weighted by Gasteiger charge is 2.21. The summed E-state index contributed by atoms with van der Waals surface area (Å²) in [5.74, 6) is 0.934. The minimum absolute atomic E-state index is 0.00818. The molecular weight excluding hydrogens is 402 g/mol. The second-order valence-electron chi connectivity index (χ2n) is 7.97. The summed E-state index contributed by atoms with van der Waals surface area (Å²) in [6.07, 6.45) is 3.24. The van der Waals surface area contributed by atoms with E-state index < -0.39 is 5.82 Å². The number of amides is 1. The Hall–Kier alpha value is -2.67. The quantitative estimate of drug-likeness (QED) is 0.642. The van der Waals surface area contributed by atoms with Crippen LogP contribution in [0.4, 0.5) is 8.78 Å². The van der Waals surface area contributed by atoms with Crippen molar-refractivity contribution >= 4 is 5.91 Å². The van der Waals surface area contributed by atoms with Gasteiger partial charge in [-0.1, -0.05) is 0 Å². The van der Waals surface area contributed by atoms with Gasteiger partial charge >= 0.3 is 0 Å². The van der Waals surface area contributed by atoms with Crippen LogP contribution in [0, 0.1) is 17.6 Å². The maximum atomic E-state index is 13.9. The molecule has 31 heavy (non-hydrogen) atoms. The van der Waals surface area contributed by atoms with Crippen molar-refractivity contribution in [3.8, 4) is 11.5 Å². The number of methoxy groups -OCH3 is 2. The van der Waals surface area contributed by atoms with Crippen LogP contribution in [0.25, 0.3) is 0 Å². The summed E-state index contributed by atoms with van der Waals surface area (Å²) in [6, 6.07) is 9.08. The fourth-order valence-electron chi connectivity index (χ4n) is 4.05. The van der Waals surface area contributed by atoms with E-state index in [0.717, 1.165) is 44.0 Å². The van der Waals surface area contributed by atoms with E-state index in [1.165, 1.54) is 12.1 Å². The van der Waals surface area contributed by atoms with Crippen molar-refractivity contribution in [2.45, 2.75) is 38.8 Å². The zero-order valence-electron chi connectivity index (χ0n) is 18.1. The molecule has 168 valence electrons. The minimum Gasteiger partial charge on any atom is -0.497 e. The Balaban J connectivity index is 1.45. The lowest BCUT2D eigenvalue weighted by Gasteiger charge is -2.32. The summed E-state index contributed by atoms with van der Waals surface area (Å²) in [6.45, 7) is 2.43. The predicted molar refractivity (Wildman–Crippen MR) is 115 cm³/mol. The molecule has 0 aromatic heterocycles. The molecule has 1 fully saturated rings. The van der Waals surface area contributed by atoms with Gasteiger partial charge in [0, 0.05) is 43.2 Å². The van der Waals surface area contributed by atoms with Gasteiger partial charge in [-0.3, -0.25) is 9.69 Å². The van der Waals surface area contributed by atoms with Crippen molar-refractivity contribution in [2.75, 3.05) is 27.3 Å². The van der Waals surface area contributed by atoms with Crippen LogP contribution >= 0.6 is 0 Å². The normalized spacial score (nSPS) is 16.7. The Morgan fingerprint density at radius 3 is 2.74 bits per heavy atom. The average molecular weight is 433 g/mol. The van der Waals surface area contributed by atoms with Gasteiger partial charge in [0.25, 0.3) is 0 Å². The van der Waals surface area contributed by atoms with E-state index >= 15 is 0 Å². The fraction of sp³-hybridized carbons (Fsp3) is 0.458. The molecule has 1 atom stereocenters. The van der Waals surface area contributed by atoms with Gasteiger partial charge in [0.2, 0.25) is 5.91 Å². The Kier molecular flexibility index (Phi) is 8.23. The average Bonchev–Trinajstić information content (AvgIpc) is 2.78. The molecule has 1 aliphatic heterocycles. The van der Waals surface area contributed by atoms with E-state index in [1.807, 2.05) is 12.1 Å². The van der Waals surface area contributed by atoms with Gasteiger partial charge in [-0.25, -0.2) is 8.78 Å². The lowest BCUT2D eigenvalue weighted by molar-refractivity contribution is -0.121. The van der Waals surface area contributed by atoms with Crippen LogP contribution in [0.2, 0.25) is 0 Å². The zero-order chi connectivity index (χ0) is 22.2. The number of nitrogens with zero attached hydrogens (tertiary/aromatic N) is 1. The summed E-state index contributed by atoms with van der Waals surface area (Å²) in [5, 5.41) is 2.95. The number of carbonyl (C=O) groups is 1. The Morgan fingerprint density at radius 1 is 1.13 bits per heavy atom. The summed E-state index contributed by atoms with van der Waals surface area (Å²) in [5.41, 5.74) is 1.27. The maximum absolute atomic E-state index is 13.9. The molecule has 1 N–H and O–H groups in total. The highest BCUT2D eigenvalue weighted by atomic mass is 19.1. The lowest BCUT2D eigenvalue weighted by Crippen LogP contribution is -2.35. The van der Waals surface area contributed by atoms with E-state index in [2.05, 4.69) is 10.2 Å². The molecule has 1 saturated heterocycles. The maximum Gasteiger partial charge on any atom is 0.220 e. The number of halogens is 2. The molecule has 3 rings (SSSR count). The minimum atomic E-state index is -0.421. The number of nitrogens with one attached hydrogen (secondary N) is 1. The smallest absolute Gasteiger partial charge is 0.220 e. The second kappa shape index (κ2) is 11.1. The standard InChI is InChI=1S/C24H30F2N2O3/c1-30-21-8-6-18(23(13-21)31-2)14-27-24(29)10-5-17-4-3-11-28(15-17)16-19-12-20(25)7-9-22(19)26/h6-9,12-13,17H,3-5,10-11,14-16H2,1-2H3,(H,27,29)/t17-/m1/s1. The van der Waals surface area contributed by atoms with Crippen molar-refractivity contribution in [1.82, 2.24) is 10.2 Å². The molecule has 1 heterocycles. The molecule has 0 bridgehead atoms. The molecule has 7 heteroatoms. The molecule has 0 spiro atoms. The van der Waals surface area contributed by atoms with Crippen LogP contribution in [-0.4, -0.2) is 38.1 Å². The molecule has 1 amide bonds. The van der Waals surface area contributed by atoms with Gasteiger partial charge in [0.15, 0.2) is 0 Å². The van der Waals surface area contributed by atoms with Crippen LogP contribution < -0.4 is 14.8 Å². The Bertz CT molecular complexity index is 891. The van der Waals surface area contributed by atoms with Gasteiger partial charge in [-0.15, -0.1) is 0 Å². The summed E-state index contributed by atoms with van der Waals surface area (Å²) in [4.78, 5) is 14.5. The molecule has 0 radical (unpaired) electrons. The molecule has 0 aliphatic carbocycles. The molecular formula is C24H30F2N2O3. The molecule has 2 aromatic rings. The Morgan fingerprint density at radius 2 is 1.97 bits per heavy atom. The molecule has 0 unspecified atom stereocenters. The van der Waals surface area contributed by atoms with Crippen LogP contribution in [0.15, 0.2) is 36.4 Å². The first kappa shape index (κ1) is 23.0. The number of hydrogen-bond donors (Lipinski definition) is 1. The van der Waals surface area contributed by atoms with Crippen molar-refractivity contribution in [1.29, 1.82) is 0 Å². The lowest BCUT2D eigenvalue weighted by atomic mass is 9.93. The van der Waals surface area contributed by atoms with E-state index in [9.17, 15) is 13.6 Å². The predicted octanol–water partition coefficient (Wildman–Crippen LogP) is 4.29. The first-order valence-corrected chi connectivity index (χ1v) is 10.6. The van der Waals surface area contributed by atoms with Crippen LogP contribution in [0.1, 0.15) is 36.8 Å².